The highest BCUT2D eigenvalue weighted by Crippen LogP contribution is 2.21. The normalized spacial score (nSPS) is 13.8. The van der Waals surface area contributed by atoms with Gasteiger partial charge in [-0.1, -0.05) is 35.9 Å². The third-order valence-electron chi connectivity index (χ3n) is 6.76. The standard InChI is InChI=1S/C28H33N3O3/c1-20-9-11-24(12-10-20)29-15-17-30(18-16-29)28(33)27-22(3)31(21(2)19-25(27)32)14-13-23-7-5-6-8-26(23)34-4/h5-12,19H,13-18H2,1-4H3. The van der Waals surface area contributed by atoms with Crippen molar-refractivity contribution in [3.63, 3.8) is 0 Å². The maximum absolute atomic E-state index is 13.4. The Morgan fingerprint density at radius 2 is 1.62 bits per heavy atom. The van der Waals surface area contributed by atoms with E-state index in [1.54, 1.807) is 13.2 Å². The Bertz CT molecular complexity index is 1220. The molecule has 2 heterocycles. The van der Waals surface area contributed by atoms with Crippen LogP contribution in [-0.2, 0) is 13.0 Å². The Hall–Kier alpha value is -3.54. The van der Waals surface area contributed by atoms with E-state index in [9.17, 15) is 9.59 Å². The highest BCUT2D eigenvalue weighted by atomic mass is 16.5. The number of rotatable bonds is 6. The molecule has 1 aromatic heterocycles. The van der Waals surface area contributed by atoms with Gasteiger partial charge in [-0.3, -0.25) is 9.59 Å². The number of carbonyl (C=O) groups is 1. The number of anilines is 1. The third-order valence-corrected chi connectivity index (χ3v) is 6.76. The van der Waals surface area contributed by atoms with Crippen LogP contribution in [0, 0.1) is 20.8 Å². The van der Waals surface area contributed by atoms with Gasteiger partial charge in [-0.2, -0.15) is 0 Å². The lowest BCUT2D eigenvalue weighted by atomic mass is 10.1. The van der Waals surface area contributed by atoms with E-state index in [0.717, 1.165) is 42.2 Å². The molecule has 6 nitrogen and oxygen atoms in total. The van der Waals surface area contributed by atoms with Crippen LogP contribution >= 0.6 is 0 Å². The smallest absolute Gasteiger partial charge is 0.259 e. The number of hydrogen-bond donors (Lipinski definition) is 0. The minimum atomic E-state index is -0.200. The average molecular weight is 460 g/mol. The van der Waals surface area contributed by atoms with Gasteiger partial charge in [0.05, 0.1) is 7.11 Å². The first-order chi connectivity index (χ1) is 16.4. The minimum Gasteiger partial charge on any atom is -0.496 e. The molecule has 0 N–H and O–H groups in total. The number of aryl methyl sites for hydroxylation is 3. The summed E-state index contributed by atoms with van der Waals surface area (Å²) in [7, 11) is 1.67. The zero-order valence-corrected chi connectivity index (χ0v) is 20.5. The van der Waals surface area contributed by atoms with Gasteiger partial charge in [0.1, 0.15) is 11.3 Å². The monoisotopic (exact) mass is 459 g/mol. The van der Waals surface area contributed by atoms with Gasteiger partial charge in [0.25, 0.3) is 5.91 Å². The molecule has 1 amide bonds. The lowest BCUT2D eigenvalue weighted by Crippen LogP contribution is -2.50. The van der Waals surface area contributed by atoms with Crippen molar-refractivity contribution in [2.75, 3.05) is 38.2 Å². The van der Waals surface area contributed by atoms with E-state index < -0.39 is 0 Å². The fourth-order valence-corrected chi connectivity index (χ4v) is 4.74. The lowest BCUT2D eigenvalue weighted by Gasteiger charge is -2.36. The van der Waals surface area contributed by atoms with Crippen molar-refractivity contribution in [3.05, 3.63) is 92.9 Å². The van der Waals surface area contributed by atoms with Crippen molar-refractivity contribution in [3.8, 4) is 5.75 Å². The molecule has 0 spiro atoms. The van der Waals surface area contributed by atoms with E-state index in [-0.39, 0.29) is 16.9 Å². The molecule has 0 saturated carbocycles. The zero-order valence-electron chi connectivity index (χ0n) is 20.5. The van der Waals surface area contributed by atoms with Gasteiger partial charge >= 0.3 is 0 Å². The van der Waals surface area contributed by atoms with Crippen LogP contribution in [0.1, 0.15) is 32.9 Å². The fraction of sp³-hybridized carbons (Fsp3) is 0.357. The van der Waals surface area contributed by atoms with Crippen LogP contribution in [0.15, 0.2) is 59.4 Å². The van der Waals surface area contributed by atoms with E-state index in [1.807, 2.05) is 43.0 Å². The third kappa shape index (κ3) is 4.86. The molecule has 1 aliphatic rings. The van der Waals surface area contributed by atoms with Crippen LogP contribution in [0.2, 0.25) is 0 Å². The Morgan fingerprint density at radius 3 is 2.29 bits per heavy atom. The van der Waals surface area contributed by atoms with Gasteiger partial charge < -0.3 is 19.1 Å². The second kappa shape index (κ2) is 10.2. The summed E-state index contributed by atoms with van der Waals surface area (Å²) in [5.41, 5.74) is 5.17. The van der Waals surface area contributed by atoms with Gasteiger partial charge in [0, 0.05) is 55.9 Å². The number of methoxy groups -OCH3 is 1. The Balaban J connectivity index is 1.51. The highest BCUT2D eigenvalue weighted by Gasteiger charge is 2.26. The van der Waals surface area contributed by atoms with Crippen molar-refractivity contribution in [2.45, 2.75) is 33.7 Å². The number of para-hydroxylation sites is 1. The maximum atomic E-state index is 13.4. The molecule has 34 heavy (non-hydrogen) atoms. The van der Waals surface area contributed by atoms with Gasteiger partial charge in [0.2, 0.25) is 0 Å². The molecule has 1 aliphatic heterocycles. The van der Waals surface area contributed by atoms with E-state index in [4.69, 9.17) is 4.74 Å². The number of ether oxygens (including phenoxy) is 1. The fourth-order valence-electron chi connectivity index (χ4n) is 4.74. The van der Waals surface area contributed by atoms with Gasteiger partial charge in [-0.05, 0) is 51.0 Å². The van der Waals surface area contributed by atoms with Gasteiger partial charge in [-0.25, -0.2) is 0 Å². The molecular weight excluding hydrogens is 426 g/mol. The van der Waals surface area contributed by atoms with E-state index in [2.05, 4.69) is 40.7 Å². The first-order valence-electron chi connectivity index (χ1n) is 11.8. The number of aromatic nitrogens is 1. The number of piperazine rings is 1. The number of pyridine rings is 1. The van der Waals surface area contributed by atoms with Crippen LogP contribution in [-0.4, -0.2) is 48.7 Å². The molecular formula is C28H33N3O3. The largest absolute Gasteiger partial charge is 0.496 e. The topological polar surface area (TPSA) is 54.8 Å². The predicted molar refractivity (Wildman–Crippen MR) is 136 cm³/mol. The Labute approximate surface area is 201 Å². The van der Waals surface area contributed by atoms with Crippen LogP contribution in [0.5, 0.6) is 5.75 Å². The van der Waals surface area contributed by atoms with Crippen molar-refractivity contribution in [2.24, 2.45) is 0 Å². The molecule has 6 heteroatoms. The van der Waals surface area contributed by atoms with Crippen molar-refractivity contribution in [1.82, 2.24) is 9.47 Å². The lowest BCUT2D eigenvalue weighted by molar-refractivity contribution is 0.0743. The molecule has 4 rings (SSSR count). The van der Waals surface area contributed by atoms with Gasteiger partial charge in [-0.15, -0.1) is 0 Å². The number of nitrogens with zero attached hydrogens (tertiary/aromatic N) is 3. The summed E-state index contributed by atoms with van der Waals surface area (Å²) in [6.45, 7) is 9.25. The molecule has 1 fully saturated rings. The van der Waals surface area contributed by atoms with Gasteiger partial charge in [0.15, 0.2) is 5.43 Å². The number of benzene rings is 2. The maximum Gasteiger partial charge on any atom is 0.259 e. The van der Waals surface area contributed by atoms with E-state index in [1.165, 1.54) is 11.3 Å². The van der Waals surface area contributed by atoms with E-state index >= 15 is 0 Å². The molecule has 3 aromatic rings. The molecule has 2 aromatic carbocycles. The second-order valence-electron chi connectivity index (χ2n) is 8.94. The number of carbonyl (C=O) groups excluding carboxylic acids is 1. The Morgan fingerprint density at radius 1 is 0.941 bits per heavy atom. The predicted octanol–water partition coefficient (Wildman–Crippen LogP) is 3.99. The zero-order chi connectivity index (χ0) is 24.2. The first kappa shape index (κ1) is 23.6. The van der Waals surface area contributed by atoms with Crippen molar-refractivity contribution >= 4 is 11.6 Å². The van der Waals surface area contributed by atoms with Crippen molar-refractivity contribution in [1.29, 1.82) is 0 Å². The quantitative estimate of drug-likeness (QED) is 0.559. The molecule has 0 atom stereocenters. The molecule has 178 valence electrons. The number of hydrogen-bond acceptors (Lipinski definition) is 4. The van der Waals surface area contributed by atoms with Crippen LogP contribution < -0.4 is 15.1 Å². The SMILES string of the molecule is COc1ccccc1CCn1c(C)cc(=O)c(C(=O)N2CCN(c3ccc(C)cc3)CC2)c1C. The summed E-state index contributed by atoms with van der Waals surface area (Å²) in [4.78, 5) is 30.4. The molecule has 0 radical (unpaired) electrons. The first-order valence-corrected chi connectivity index (χ1v) is 11.8. The molecule has 1 saturated heterocycles. The van der Waals surface area contributed by atoms with Crippen LogP contribution in [0.25, 0.3) is 0 Å². The molecule has 0 aliphatic carbocycles. The van der Waals surface area contributed by atoms with E-state index in [0.29, 0.717) is 19.6 Å². The summed E-state index contributed by atoms with van der Waals surface area (Å²) in [5, 5.41) is 0. The molecule has 0 unspecified atom stereocenters. The Kier molecular flexibility index (Phi) is 7.06. The minimum absolute atomic E-state index is 0.169. The average Bonchev–Trinajstić information content (AvgIpc) is 2.84. The molecule has 0 bridgehead atoms. The summed E-state index contributed by atoms with van der Waals surface area (Å²) in [6.07, 6.45) is 0.747. The summed E-state index contributed by atoms with van der Waals surface area (Å²) in [6, 6.07) is 18.0. The second-order valence-corrected chi connectivity index (χ2v) is 8.94. The van der Waals surface area contributed by atoms with Crippen LogP contribution in [0.4, 0.5) is 5.69 Å². The summed E-state index contributed by atoms with van der Waals surface area (Å²) < 4.78 is 7.55. The highest BCUT2D eigenvalue weighted by molar-refractivity contribution is 5.95. The summed E-state index contributed by atoms with van der Waals surface area (Å²) in [5.74, 6) is 0.679. The van der Waals surface area contributed by atoms with Crippen molar-refractivity contribution < 1.29 is 9.53 Å². The number of amides is 1. The summed E-state index contributed by atoms with van der Waals surface area (Å²) >= 11 is 0. The van der Waals surface area contributed by atoms with Crippen LogP contribution in [0.3, 0.4) is 0 Å².